The Morgan fingerprint density at radius 3 is 2.13 bits per heavy atom. The number of nitrogens with zero attached hydrogens (tertiary/aromatic N) is 3. The van der Waals surface area contributed by atoms with Crippen LogP contribution in [0.4, 0.5) is 17.1 Å². The largest absolute Gasteiger partial charge is 0.778 e. The first-order valence-corrected chi connectivity index (χ1v) is 25.8. The predicted octanol–water partition coefficient (Wildman–Crippen LogP) is 5.37. The molecule has 2 heterocycles. The van der Waals surface area contributed by atoms with Crippen LogP contribution in [0.1, 0.15) is 38.8 Å². The molecule has 7 rings (SSSR count). The lowest BCUT2D eigenvalue weighted by Gasteiger charge is -2.35. The number of sulfonamides is 2. The molecule has 4 N–H and O–H groups in total. The zero-order chi connectivity index (χ0) is 44.8. The molecular formula is C39H37N5O10S7. The van der Waals surface area contributed by atoms with E-state index in [0.29, 0.717) is 60.2 Å². The second-order valence-corrected chi connectivity index (χ2v) is 23.1. The molecule has 0 unspecified atom stereocenters. The van der Waals surface area contributed by atoms with Gasteiger partial charge in [0.15, 0.2) is 5.71 Å². The number of hydrogen-bond acceptors (Lipinski definition) is 13. The summed E-state index contributed by atoms with van der Waals surface area (Å²) < 4.78 is 123. The van der Waals surface area contributed by atoms with Crippen LogP contribution < -0.4 is 13.7 Å². The average Bonchev–Trinajstić information content (AvgIpc) is 3.48. The smallest absolute Gasteiger partial charge is 0.333 e. The van der Waals surface area contributed by atoms with Gasteiger partial charge in [-0.2, -0.15) is 36.0 Å². The third-order valence-corrected chi connectivity index (χ3v) is 16.1. The summed E-state index contributed by atoms with van der Waals surface area (Å²) in [5.74, 6) is -0.757. The molecule has 0 amide bonds. The summed E-state index contributed by atoms with van der Waals surface area (Å²) in [5, 5.41) is 5.14. The first-order valence-electron chi connectivity index (χ1n) is 18.1. The number of thiocarbonyl (C=S) groups is 2. The van der Waals surface area contributed by atoms with Crippen LogP contribution >= 0.6 is 24.4 Å². The fourth-order valence-electron chi connectivity index (χ4n) is 8.42. The normalized spacial score (nSPS) is 18.9. The second-order valence-electron chi connectivity index (χ2n) is 15.7. The maximum Gasteiger partial charge on any atom is 0.333 e. The van der Waals surface area contributed by atoms with Crippen molar-refractivity contribution in [2.45, 2.75) is 43.4 Å². The molecule has 3 aliphatic rings. The summed E-state index contributed by atoms with van der Waals surface area (Å²) in [6, 6.07) is 16.7. The van der Waals surface area contributed by atoms with Crippen LogP contribution in [-0.4, -0.2) is 88.3 Å². The molecule has 15 nitrogen and oxygen atoms in total. The number of benzene rings is 4. The standard InChI is InChI=1S/C39H37N5O10S7/c1-38(2)32(43(15-14-41-61(52,53)54)30-12-7-23-17-25(60(49,50)51)9-11-27(23)34(30)38)18-28-36(56)29(37(28)57)19-33-39(3,4)35-26-10-8-24(40-20-55)16-22(26)6-13-31(35)44(33)21-59(47,48)42-58(5,45)46/h6-13,16-19,41-42H,14-15,21H2,1-5H3,(H2-,49,50,51,52,53,54,56,57). The lowest BCUT2D eigenvalue weighted by molar-refractivity contribution is -0.415. The van der Waals surface area contributed by atoms with Crippen molar-refractivity contribution in [3.63, 3.8) is 0 Å². The van der Waals surface area contributed by atoms with Crippen LogP contribution in [0.2, 0.25) is 0 Å². The number of aliphatic imine (C=N–C) groups is 1. The van der Waals surface area contributed by atoms with E-state index < -0.39 is 57.2 Å². The number of isothiocyanates is 1. The van der Waals surface area contributed by atoms with E-state index in [4.69, 9.17) is 37.1 Å². The summed E-state index contributed by atoms with van der Waals surface area (Å²) >= 11 is 16.8. The lowest BCUT2D eigenvalue weighted by Crippen LogP contribution is -2.37. The second kappa shape index (κ2) is 15.3. The van der Waals surface area contributed by atoms with Gasteiger partial charge in [-0.1, -0.05) is 44.3 Å². The van der Waals surface area contributed by atoms with Gasteiger partial charge in [0.05, 0.1) is 27.4 Å². The van der Waals surface area contributed by atoms with E-state index in [1.165, 1.54) is 16.7 Å². The average molecular weight is 960 g/mol. The van der Waals surface area contributed by atoms with E-state index in [0.717, 1.165) is 28.2 Å². The van der Waals surface area contributed by atoms with Gasteiger partial charge in [0, 0.05) is 52.5 Å². The van der Waals surface area contributed by atoms with Gasteiger partial charge in [-0.25, -0.2) is 16.8 Å². The van der Waals surface area contributed by atoms with Crippen molar-refractivity contribution in [3.8, 4) is 0 Å². The molecule has 320 valence electrons. The minimum Gasteiger partial charge on any atom is -0.778 e. The Bertz CT molecular complexity index is 3310. The Balaban J connectivity index is 1.37. The molecule has 0 saturated heterocycles. The number of nitrogens with one attached hydrogen (secondary N) is 2. The van der Waals surface area contributed by atoms with Crippen molar-refractivity contribution in [2.75, 3.05) is 30.1 Å². The number of rotatable bonds is 12. The lowest BCUT2D eigenvalue weighted by atomic mass is 9.77. The predicted molar refractivity (Wildman–Crippen MR) is 245 cm³/mol. The van der Waals surface area contributed by atoms with Crippen LogP contribution in [0, 0.1) is 0 Å². The third-order valence-electron chi connectivity index (χ3n) is 10.9. The SMILES string of the molecule is CC1(C)C(/C=C2/C(=S)C(/C=C3/N(CCNS(=O)(=O)O)c4ccc5cc(S(=O)(=O)O)ccc5c4C3(C)C)=C2[S-])=[N+](CS(=O)(=O)NS(C)(=O)=O)c2ccc3cc(N=C=S)ccc3c21. The summed E-state index contributed by atoms with van der Waals surface area (Å²) in [6.45, 7) is 7.53. The van der Waals surface area contributed by atoms with Gasteiger partial charge in [-0.3, -0.25) is 9.11 Å². The highest BCUT2D eigenvalue weighted by atomic mass is 32.3. The topological polar surface area (TPSA) is 220 Å². The van der Waals surface area contributed by atoms with E-state index in [-0.39, 0.29) is 18.0 Å². The van der Waals surface area contributed by atoms with Crippen LogP contribution in [-0.2, 0) is 63.9 Å². The Kier molecular flexibility index (Phi) is 11.2. The highest BCUT2D eigenvalue weighted by Crippen LogP contribution is 2.52. The van der Waals surface area contributed by atoms with Crippen LogP contribution in [0.15, 0.2) is 104 Å². The van der Waals surface area contributed by atoms with E-state index in [2.05, 4.69) is 14.9 Å². The molecule has 0 radical (unpaired) electrons. The molecule has 0 atom stereocenters. The van der Waals surface area contributed by atoms with Crippen molar-refractivity contribution in [1.82, 2.24) is 8.85 Å². The van der Waals surface area contributed by atoms with Crippen molar-refractivity contribution in [3.05, 3.63) is 106 Å². The molecule has 1 aliphatic carbocycles. The van der Waals surface area contributed by atoms with Crippen molar-refractivity contribution in [1.29, 1.82) is 0 Å². The Morgan fingerprint density at radius 1 is 0.869 bits per heavy atom. The Morgan fingerprint density at radius 2 is 1.51 bits per heavy atom. The molecule has 0 saturated carbocycles. The van der Waals surface area contributed by atoms with Crippen LogP contribution in [0.25, 0.3) is 21.5 Å². The highest BCUT2D eigenvalue weighted by Gasteiger charge is 2.48. The summed E-state index contributed by atoms with van der Waals surface area (Å²) in [4.78, 5) is 6.36. The third kappa shape index (κ3) is 8.40. The van der Waals surface area contributed by atoms with Crippen LogP contribution in [0.3, 0.4) is 0 Å². The van der Waals surface area contributed by atoms with E-state index in [9.17, 15) is 42.8 Å². The fraction of sp³-hybridized carbons (Fsp3) is 0.256. The van der Waals surface area contributed by atoms with Crippen molar-refractivity contribution < 1.29 is 47.4 Å². The number of allylic oxidation sites excluding steroid dienone is 5. The molecule has 0 fully saturated rings. The maximum atomic E-state index is 13.4. The summed E-state index contributed by atoms with van der Waals surface area (Å²) in [6.07, 6.45) is 4.28. The van der Waals surface area contributed by atoms with Gasteiger partial charge in [0.25, 0.3) is 26.0 Å². The quantitative estimate of drug-likeness (QED) is 0.0351. The highest BCUT2D eigenvalue weighted by molar-refractivity contribution is 8.04. The molecule has 22 heteroatoms. The van der Waals surface area contributed by atoms with Crippen molar-refractivity contribution in [2.24, 2.45) is 4.99 Å². The zero-order valence-electron chi connectivity index (χ0n) is 32.9. The number of anilines is 1. The Labute approximate surface area is 369 Å². The minimum atomic E-state index is -4.54. The molecule has 0 bridgehead atoms. The van der Waals surface area contributed by atoms with Gasteiger partial charge in [0.2, 0.25) is 15.7 Å². The Hall–Kier alpha value is -4.16. The molecule has 4 aromatic carbocycles. The van der Waals surface area contributed by atoms with E-state index in [1.807, 2.05) is 44.7 Å². The zero-order valence-corrected chi connectivity index (χ0v) is 38.6. The first-order chi connectivity index (χ1) is 28.1. The van der Waals surface area contributed by atoms with Gasteiger partial charge in [-0.15, -0.1) is 4.13 Å². The van der Waals surface area contributed by atoms with Gasteiger partial charge in [0.1, 0.15) is 0 Å². The van der Waals surface area contributed by atoms with E-state index in [1.54, 1.807) is 52.7 Å². The molecule has 4 aromatic rings. The fourth-order valence-corrected chi connectivity index (χ4v) is 12.8. The molecule has 0 spiro atoms. The van der Waals surface area contributed by atoms with Gasteiger partial charge >= 0.3 is 10.3 Å². The monoisotopic (exact) mass is 959 g/mol. The van der Waals surface area contributed by atoms with E-state index >= 15 is 0 Å². The van der Waals surface area contributed by atoms with Gasteiger partial charge in [-0.05, 0) is 107 Å². The summed E-state index contributed by atoms with van der Waals surface area (Å²) in [7, 11) is -17.7. The molecule has 2 aliphatic heterocycles. The maximum absolute atomic E-state index is 13.4. The molecule has 0 aromatic heterocycles. The summed E-state index contributed by atoms with van der Waals surface area (Å²) in [5.41, 5.74) is 3.66. The van der Waals surface area contributed by atoms with Crippen molar-refractivity contribution >= 4 is 132 Å². The number of hydrogen-bond donors (Lipinski definition) is 4. The molecule has 61 heavy (non-hydrogen) atoms. The number of fused-ring (bicyclic) bond motifs is 6. The van der Waals surface area contributed by atoms with Crippen LogP contribution in [0.5, 0.6) is 0 Å². The first kappa shape index (κ1) is 44.9. The minimum absolute atomic E-state index is 0.0504. The van der Waals surface area contributed by atoms with Gasteiger partial charge < -0.3 is 17.5 Å². The molecular weight excluding hydrogens is 923 g/mol.